The standard InChI is InChI=1S/C55H52O/c1-34(2)40-24-25-48(49(32-40)39-14-10-9-11-15-39)53-47-19-13-18-46(50(47)33-51(53)52-27-36(4)26-37(5)54(52)56)44-29-43(30-45(31-44)55(6,7)8)42-17-12-16-41(28-42)38-22-20-35(3)21-23-38/h9-34,53,56H,1-8H3/i3D3,20D,21D,22D,23D,34D. The molecule has 1 nitrogen and oxygen atoms in total. The van der Waals surface area contributed by atoms with Crippen LogP contribution in [0.3, 0.4) is 0 Å². The average Bonchev–Trinajstić information content (AvgIpc) is 3.63. The summed E-state index contributed by atoms with van der Waals surface area (Å²) in [6.07, 6.45) is 2.23. The fraction of sp³-hybridized carbons (Fsp3) is 0.200. The molecule has 0 aliphatic heterocycles. The SMILES string of the molecule is [2H]c1c([2H])c(C([2H])([2H])[2H])c([2H])c([2H])c1-c1cccc(-c2cc(-c3cccc4c3C=C(c3cc(C)cc(C)c3O)C4c3ccc(C([2H])(C)C)cc3-c3ccccc3)cc(C(C)(C)C)c2)c1. The van der Waals surface area contributed by atoms with Gasteiger partial charge in [0, 0.05) is 17.0 Å². The van der Waals surface area contributed by atoms with Crippen molar-refractivity contribution in [2.75, 3.05) is 0 Å². The Kier molecular flexibility index (Phi) is 7.44. The zero-order valence-electron chi connectivity index (χ0n) is 41.1. The first-order valence-corrected chi connectivity index (χ1v) is 19.3. The quantitative estimate of drug-likeness (QED) is 0.173. The second-order valence-corrected chi connectivity index (χ2v) is 16.4. The van der Waals surface area contributed by atoms with Gasteiger partial charge in [-0.3, -0.25) is 0 Å². The second kappa shape index (κ2) is 14.6. The Labute approximate surface area is 345 Å². The fourth-order valence-electron chi connectivity index (χ4n) is 8.08. The van der Waals surface area contributed by atoms with E-state index in [1.165, 1.54) is 0 Å². The van der Waals surface area contributed by atoms with Gasteiger partial charge in [-0.05, 0) is 145 Å². The third kappa shape index (κ3) is 7.03. The number of benzene rings is 7. The fourth-order valence-corrected chi connectivity index (χ4v) is 8.08. The van der Waals surface area contributed by atoms with Crippen LogP contribution in [0.15, 0.2) is 145 Å². The Hall–Kier alpha value is -5.92. The molecule has 56 heavy (non-hydrogen) atoms. The summed E-state index contributed by atoms with van der Waals surface area (Å²) in [6, 6.07) is 39.1. The van der Waals surface area contributed by atoms with E-state index in [-0.39, 0.29) is 22.6 Å². The van der Waals surface area contributed by atoms with Crippen molar-refractivity contribution in [3.05, 3.63) is 196 Å². The average molecular weight is 737 g/mol. The van der Waals surface area contributed by atoms with E-state index < -0.39 is 42.5 Å². The van der Waals surface area contributed by atoms with E-state index in [1.807, 2.05) is 70.2 Å². The molecule has 1 aliphatic rings. The van der Waals surface area contributed by atoms with Crippen LogP contribution in [0.4, 0.5) is 0 Å². The molecule has 1 N–H and O–H groups in total. The van der Waals surface area contributed by atoms with Crippen LogP contribution in [0.1, 0.15) is 107 Å². The van der Waals surface area contributed by atoms with Crippen LogP contribution in [-0.2, 0) is 5.41 Å². The molecule has 0 saturated heterocycles. The smallest absolute Gasteiger partial charge is 0.126 e. The van der Waals surface area contributed by atoms with E-state index in [9.17, 15) is 5.11 Å². The van der Waals surface area contributed by atoms with Gasteiger partial charge in [0.05, 0.1) is 5.48 Å². The molecule has 0 saturated carbocycles. The first kappa shape index (κ1) is 28.5. The van der Waals surface area contributed by atoms with Crippen LogP contribution in [0.2, 0.25) is 0 Å². The highest BCUT2D eigenvalue weighted by Crippen LogP contribution is 2.53. The summed E-state index contributed by atoms with van der Waals surface area (Å²) in [7, 11) is 0. The summed E-state index contributed by atoms with van der Waals surface area (Å²) >= 11 is 0. The van der Waals surface area contributed by atoms with Gasteiger partial charge in [-0.25, -0.2) is 0 Å². The molecule has 0 aromatic heterocycles. The molecule has 0 radical (unpaired) electrons. The Morgan fingerprint density at radius 3 is 2.00 bits per heavy atom. The lowest BCUT2D eigenvalue weighted by atomic mass is 9.79. The van der Waals surface area contributed by atoms with Gasteiger partial charge in [-0.1, -0.05) is 167 Å². The van der Waals surface area contributed by atoms with Crippen LogP contribution in [0, 0.1) is 20.7 Å². The number of phenols is 1. The number of fused-ring (bicyclic) bond motifs is 1. The van der Waals surface area contributed by atoms with Crippen molar-refractivity contribution in [2.24, 2.45) is 0 Å². The Morgan fingerprint density at radius 1 is 0.607 bits per heavy atom. The maximum absolute atomic E-state index is 11.8. The second-order valence-electron chi connectivity index (χ2n) is 16.4. The van der Waals surface area contributed by atoms with Crippen molar-refractivity contribution in [3.63, 3.8) is 0 Å². The molecule has 7 aromatic carbocycles. The lowest BCUT2D eigenvalue weighted by molar-refractivity contribution is 0.469. The number of hydrogen-bond acceptors (Lipinski definition) is 1. The van der Waals surface area contributed by atoms with Crippen LogP contribution in [0.25, 0.3) is 56.2 Å². The zero-order chi connectivity index (χ0) is 46.2. The molecule has 278 valence electrons. The molecule has 0 fully saturated rings. The lowest BCUT2D eigenvalue weighted by Gasteiger charge is -2.24. The number of rotatable bonds is 7. The van der Waals surface area contributed by atoms with Gasteiger partial charge in [0.2, 0.25) is 0 Å². The largest absolute Gasteiger partial charge is 0.507 e. The summed E-state index contributed by atoms with van der Waals surface area (Å²) in [6.45, 7) is 11.5. The zero-order valence-corrected chi connectivity index (χ0v) is 33.1. The van der Waals surface area contributed by atoms with Gasteiger partial charge < -0.3 is 5.11 Å². The molecule has 8 rings (SSSR count). The molecule has 1 unspecified atom stereocenters. The van der Waals surface area contributed by atoms with Gasteiger partial charge in [0.15, 0.2) is 0 Å². The maximum atomic E-state index is 11.8. The van der Waals surface area contributed by atoms with Crippen molar-refractivity contribution in [1.29, 1.82) is 0 Å². The first-order chi connectivity index (χ1) is 30.0. The van der Waals surface area contributed by atoms with Gasteiger partial charge in [0.25, 0.3) is 0 Å². The maximum Gasteiger partial charge on any atom is 0.126 e. The van der Waals surface area contributed by atoms with Crippen molar-refractivity contribution < 1.29 is 16.1 Å². The minimum atomic E-state index is -2.80. The van der Waals surface area contributed by atoms with Crippen LogP contribution >= 0.6 is 0 Å². The molecular weight excluding hydrogens is 677 g/mol. The first-order valence-electron chi connectivity index (χ1n) is 23.3. The number of allylic oxidation sites excluding steroid dienone is 1. The van der Waals surface area contributed by atoms with Crippen molar-refractivity contribution >= 4 is 11.6 Å². The van der Waals surface area contributed by atoms with Crippen LogP contribution in [0.5, 0.6) is 5.75 Å². The topological polar surface area (TPSA) is 20.2 Å². The Bertz CT molecular complexity index is 2990. The van der Waals surface area contributed by atoms with Crippen LogP contribution in [-0.4, -0.2) is 5.11 Å². The highest BCUT2D eigenvalue weighted by atomic mass is 16.3. The van der Waals surface area contributed by atoms with E-state index in [4.69, 9.17) is 11.0 Å². The van der Waals surface area contributed by atoms with Gasteiger partial charge in [-0.15, -0.1) is 0 Å². The van der Waals surface area contributed by atoms with E-state index in [2.05, 4.69) is 99.6 Å². The van der Waals surface area contributed by atoms with E-state index >= 15 is 0 Å². The van der Waals surface area contributed by atoms with E-state index in [0.29, 0.717) is 5.56 Å². The molecule has 0 spiro atoms. The summed E-state index contributed by atoms with van der Waals surface area (Å²) in [5.41, 5.74) is 14.2. The molecule has 1 aliphatic carbocycles. The molecular formula is C55H52O. The summed E-state index contributed by atoms with van der Waals surface area (Å²) in [5.74, 6) is -0.844. The molecule has 0 heterocycles. The number of hydrogen-bond donors (Lipinski definition) is 1. The number of aromatic hydroxyl groups is 1. The summed E-state index contributed by atoms with van der Waals surface area (Å²) < 4.78 is 67.4. The molecule has 0 bridgehead atoms. The van der Waals surface area contributed by atoms with Crippen LogP contribution < -0.4 is 0 Å². The molecule has 0 amide bonds. The monoisotopic (exact) mass is 736 g/mol. The Morgan fingerprint density at radius 2 is 1.29 bits per heavy atom. The third-order valence-electron chi connectivity index (χ3n) is 11.1. The molecule has 7 aromatic rings. The highest BCUT2D eigenvalue weighted by Gasteiger charge is 2.33. The number of aryl methyl sites for hydroxylation is 2. The number of phenolic OH excluding ortho intramolecular Hbond substituents is 1. The minimum absolute atomic E-state index is 0.0467. The minimum Gasteiger partial charge on any atom is -0.507 e. The highest BCUT2D eigenvalue weighted by molar-refractivity contribution is 6.00. The van der Waals surface area contributed by atoms with E-state index in [1.54, 1.807) is 6.07 Å². The predicted molar refractivity (Wildman–Crippen MR) is 239 cm³/mol. The lowest BCUT2D eigenvalue weighted by Crippen LogP contribution is -2.11. The Balaban J connectivity index is 1.36. The normalized spacial score (nSPS) is 16.3. The molecule has 1 atom stereocenters. The van der Waals surface area contributed by atoms with Gasteiger partial charge in [0.1, 0.15) is 5.75 Å². The van der Waals surface area contributed by atoms with Crippen molar-refractivity contribution in [2.45, 2.75) is 72.5 Å². The molecule has 1 heteroatoms. The van der Waals surface area contributed by atoms with Gasteiger partial charge >= 0.3 is 0 Å². The summed E-state index contributed by atoms with van der Waals surface area (Å²) in [5, 5.41) is 11.8. The van der Waals surface area contributed by atoms with E-state index in [0.717, 1.165) is 83.5 Å². The predicted octanol–water partition coefficient (Wildman–Crippen LogP) is 15.1. The van der Waals surface area contributed by atoms with Crippen molar-refractivity contribution in [1.82, 2.24) is 0 Å². The third-order valence-corrected chi connectivity index (χ3v) is 11.1. The van der Waals surface area contributed by atoms with Gasteiger partial charge in [-0.2, -0.15) is 0 Å². The summed E-state index contributed by atoms with van der Waals surface area (Å²) in [4.78, 5) is 0. The van der Waals surface area contributed by atoms with Crippen molar-refractivity contribution in [3.8, 4) is 50.3 Å².